The molecular weight excluding hydrogens is 254 g/mol. The molecule has 0 bridgehead atoms. The Kier molecular flexibility index (Phi) is 3.84. The van der Waals surface area contributed by atoms with Gasteiger partial charge in [-0.2, -0.15) is 0 Å². The number of fused-ring (bicyclic) bond motifs is 1. The van der Waals surface area contributed by atoms with Crippen LogP contribution in [0.3, 0.4) is 0 Å². The highest BCUT2D eigenvalue weighted by atomic mass is 16.5. The zero-order chi connectivity index (χ0) is 13.9. The molecule has 6 nitrogen and oxygen atoms in total. The fourth-order valence-electron chi connectivity index (χ4n) is 2.62. The van der Waals surface area contributed by atoms with Gasteiger partial charge in [0, 0.05) is 38.9 Å². The van der Waals surface area contributed by atoms with E-state index in [9.17, 15) is 0 Å². The normalized spacial score (nSPS) is 18.3. The van der Waals surface area contributed by atoms with Gasteiger partial charge in [-0.3, -0.25) is 4.90 Å². The third kappa shape index (κ3) is 2.76. The molecule has 1 aliphatic heterocycles. The molecule has 2 aromatic rings. The second-order valence-electron chi connectivity index (χ2n) is 5.34. The highest BCUT2D eigenvalue weighted by Gasteiger charge is 2.15. The molecule has 1 atom stereocenters. The average molecular weight is 275 g/mol. The molecular formula is C14H21N5O. The largest absolute Gasteiger partial charge is 0.379 e. The Bertz CT molecular complexity index is 576. The Morgan fingerprint density at radius 3 is 2.95 bits per heavy atom. The quantitative estimate of drug-likeness (QED) is 0.905. The van der Waals surface area contributed by atoms with Crippen LogP contribution in [-0.2, 0) is 11.8 Å². The van der Waals surface area contributed by atoms with E-state index in [2.05, 4.69) is 27.1 Å². The fraction of sp³-hybridized carbons (Fsp3) is 0.571. The Labute approximate surface area is 118 Å². The summed E-state index contributed by atoms with van der Waals surface area (Å²) in [6.07, 6.45) is 3.65. The summed E-state index contributed by atoms with van der Waals surface area (Å²) in [7, 11) is 2.00. The third-order valence-electron chi connectivity index (χ3n) is 3.66. The van der Waals surface area contributed by atoms with E-state index < -0.39 is 0 Å². The number of hydrogen-bond acceptors (Lipinski definition) is 5. The van der Waals surface area contributed by atoms with E-state index in [4.69, 9.17) is 4.74 Å². The Morgan fingerprint density at radius 2 is 2.15 bits per heavy atom. The van der Waals surface area contributed by atoms with Crippen LogP contribution >= 0.6 is 0 Å². The van der Waals surface area contributed by atoms with Gasteiger partial charge < -0.3 is 14.6 Å². The molecule has 20 heavy (non-hydrogen) atoms. The lowest BCUT2D eigenvalue weighted by Crippen LogP contribution is -2.42. The number of rotatable bonds is 4. The van der Waals surface area contributed by atoms with E-state index in [0.29, 0.717) is 6.04 Å². The van der Waals surface area contributed by atoms with Crippen molar-refractivity contribution in [3.05, 3.63) is 18.6 Å². The summed E-state index contributed by atoms with van der Waals surface area (Å²) in [5.74, 6) is 0.865. The van der Waals surface area contributed by atoms with Crippen LogP contribution in [0, 0.1) is 0 Å². The van der Waals surface area contributed by atoms with Crippen LogP contribution in [0.25, 0.3) is 11.0 Å². The number of anilines is 1. The number of aryl methyl sites for hydroxylation is 1. The summed E-state index contributed by atoms with van der Waals surface area (Å²) in [6, 6.07) is 2.31. The summed E-state index contributed by atoms with van der Waals surface area (Å²) in [5, 5.41) is 3.48. The first-order valence-corrected chi connectivity index (χ1v) is 7.06. The van der Waals surface area contributed by atoms with E-state index >= 15 is 0 Å². The van der Waals surface area contributed by atoms with Crippen molar-refractivity contribution in [1.82, 2.24) is 19.4 Å². The van der Waals surface area contributed by atoms with Crippen LogP contribution in [0.15, 0.2) is 18.6 Å². The maximum absolute atomic E-state index is 5.37. The number of aromatic nitrogens is 3. The van der Waals surface area contributed by atoms with Gasteiger partial charge in [-0.15, -0.1) is 0 Å². The van der Waals surface area contributed by atoms with Crippen LogP contribution in [0.2, 0.25) is 0 Å². The summed E-state index contributed by atoms with van der Waals surface area (Å²) < 4.78 is 7.38. The molecule has 0 aromatic carbocycles. The van der Waals surface area contributed by atoms with Crippen LogP contribution < -0.4 is 5.32 Å². The first-order valence-electron chi connectivity index (χ1n) is 7.06. The van der Waals surface area contributed by atoms with Crippen molar-refractivity contribution < 1.29 is 4.74 Å². The lowest BCUT2D eigenvalue weighted by atomic mass is 10.2. The topological polar surface area (TPSA) is 55.2 Å². The monoisotopic (exact) mass is 275 g/mol. The molecule has 1 N–H and O–H groups in total. The fourth-order valence-corrected chi connectivity index (χ4v) is 2.62. The smallest absolute Gasteiger partial charge is 0.154 e. The highest BCUT2D eigenvalue weighted by molar-refractivity contribution is 5.85. The number of nitrogens with one attached hydrogen (secondary N) is 1. The lowest BCUT2D eigenvalue weighted by molar-refractivity contribution is 0.0368. The van der Waals surface area contributed by atoms with Crippen molar-refractivity contribution in [2.45, 2.75) is 13.0 Å². The first kappa shape index (κ1) is 13.3. The van der Waals surface area contributed by atoms with Crippen molar-refractivity contribution >= 4 is 16.9 Å². The van der Waals surface area contributed by atoms with Gasteiger partial charge >= 0.3 is 0 Å². The number of morpholine rings is 1. The molecule has 0 spiro atoms. The van der Waals surface area contributed by atoms with Gasteiger partial charge in [-0.25, -0.2) is 9.97 Å². The minimum absolute atomic E-state index is 0.327. The molecule has 1 aliphatic rings. The summed E-state index contributed by atoms with van der Waals surface area (Å²) in [4.78, 5) is 11.3. The van der Waals surface area contributed by atoms with Crippen LogP contribution in [0.5, 0.6) is 0 Å². The predicted molar refractivity (Wildman–Crippen MR) is 78.9 cm³/mol. The highest BCUT2D eigenvalue weighted by Crippen LogP contribution is 2.19. The van der Waals surface area contributed by atoms with Gasteiger partial charge in [-0.1, -0.05) is 0 Å². The Hall–Kier alpha value is -1.66. The van der Waals surface area contributed by atoms with Crippen LogP contribution in [0.1, 0.15) is 6.92 Å². The second kappa shape index (κ2) is 5.76. The molecule has 0 radical (unpaired) electrons. The maximum atomic E-state index is 5.37. The van der Waals surface area contributed by atoms with Gasteiger partial charge in [0.05, 0.1) is 25.1 Å². The number of ether oxygens (including phenoxy) is 1. The van der Waals surface area contributed by atoms with Gasteiger partial charge in [0.25, 0.3) is 0 Å². The predicted octanol–water partition coefficient (Wildman–Crippen LogP) is 1.10. The van der Waals surface area contributed by atoms with E-state index in [0.717, 1.165) is 49.7 Å². The molecule has 108 valence electrons. The van der Waals surface area contributed by atoms with E-state index in [1.165, 1.54) is 0 Å². The molecule has 6 heteroatoms. The standard InChI is InChI=1S/C14H21N5O/c1-11(9-19-5-7-20-8-6-19)17-14-13-12(3-4-15-14)18(2)10-16-13/h3-4,10-11H,5-9H2,1-2H3,(H,15,17). The number of pyridine rings is 1. The number of hydrogen-bond donors (Lipinski definition) is 1. The molecule has 0 saturated carbocycles. The van der Waals surface area contributed by atoms with E-state index in [1.807, 2.05) is 30.2 Å². The van der Waals surface area contributed by atoms with Crippen molar-refractivity contribution in [3.8, 4) is 0 Å². The molecule has 1 saturated heterocycles. The zero-order valence-electron chi connectivity index (χ0n) is 12.0. The Balaban J connectivity index is 1.69. The van der Waals surface area contributed by atoms with Crippen LogP contribution in [-0.4, -0.2) is 58.3 Å². The van der Waals surface area contributed by atoms with Crippen molar-refractivity contribution in [2.24, 2.45) is 7.05 Å². The third-order valence-corrected chi connectivity index (χ3v) is 3.66. The molecule has 3 rings (SSSR count). The van der Waals surface area contributed by atoms with Crippen molar-refractivity contribution in [1.29, 1.82) is 0 Å². The number of imidazole rings is 1. The van der Waals surface area contributed by atoms with Gasteiger partial charge in [0.1, 0.15) is 5.52 Å². The lowest BCUT2D eigenvalue weighted by Gasteiger charge is -2.29. The second-order valence-corrected chi connectivity index (χ2v) is 5.34. The first-order chi connectivity index (χ1) is 9.74. The van der Waals surface area contributed by atoms with Crippen molar-refractivity contribution in [3.63, 3.8) is 0 Å². The minimum Gasteiger partial charge on any atom is -0.379 e. The van der Waals surface area contributed by atoms with E-state index in [1.54, 1.807) is 0 Å². The van der Waals surface area contributed by atoms with E-state index in [-0.39, 0.29) is 0 Å². The summed E-state index contributed by atoms with van der Waals surface area (Å²) in [5.41, 5.74) is 2.03. The molecule has 0 aliphatic carbocycles. The Morgan fingerprint density at radius 1 is 1.35 bits per heavy atom. The molecule has 2 aromatic heterocycles. The van der Waals surface area contributed by atoms with Gasteiger partial charge in [0.2, 0.25) is 0 Å². The van der Waals surface area contributed by atoms with Gasteiger partial charge in [0.15, 0.2) is 5.82 Å². The number of nitrogens with zero attached hydrogens (tertiary/aromatic N) is 4. The zero-order valence-corrected chi connectivity index (χ0v) is 12.0. The van der Waals surface area contributed by atoms with Gasteiger partial charge in [-0.05, 0) is 13.0 Å². The summed E-state index contributed by atoms with van der Waals surface area (Å²) >= 11 is 0. The average Bonchev–Trinajstić information content (AvgIpc) is 2.83. The van der Waals surface area contributed by atoms with Crippen LogP contribution in [0.4, 0.5) is 5.82 Å². The maximum Gasteiger partial charge on any atom is 0.154 e. The SMILES string of the molecule is CC(CN1CCOCC1)Nc1nccc2c1ncn2C. The summed E-state index contributed by atoms with van der Waals surface area (Å²) in [6.45, 7) is 6.86. The molecule has 0 amide bonds. The van der Waals surface area contributed by atoms with Crippen molar-refractivity contribution in [2.75, 3.05) is 38.2 Å². The molecule has 3 heterocycles. The molecule has 1 unspecified atom stereocenters. The molecule has 1 fully saturated rings. The minimum atomic E-state index is 0.327.